The lowest BCUT2D eigenvalue weighted by Gasteiger charge is -2.24. The molecule has 0 saturated carbocycles. The summed E-state index contributed by atoms with van der Waals surface area (Å²) in [6.07, 6.45) is 2.07. The SMILES string of the molecule is CC(C)(CCCCl)CNCc1ccc(Cl)cc1F. The highest BCUT2D eigenvalue weighted by Crippen LogP contribution is 2.22. The molecule has 0 heterocycles. The zero-order valence-corrected chi connectivity index (χ0v) is 12.4. The normalized spacial score (nSPS) is 11.8. The number of alkyl halides is 1. The minimum Gasteiger partial charge on any atom is -0.312 e. The second-order valence-electron chi connectivity index (χ2n) is 5.30. The van der Waals surface area contributed by atoms with Gasteiger partial charge in [-0.2, -0.15) is 0 Å². The van der Waals surface area contributed by atoms with Crippen molar-refractivity contribution in [2.45, 2.75) is 33.2 Å². The Balaban J connectivity index is 2.41. The summed E-state index contributed by atoms with van der Waals surface area (Å²) < 4.78 is 13.5. The fourth-order valence-corrected chi connectivity index (χ4v) is 2.13. The Morgan fingerprint density at radius 3 is 2.67 bits per heavy atom. The Hall–Kier alpha value is -0.310. The molecule has 1 N–H and O–H groups in total. The average Bonchev–Trinajstić information content (AvgIpc) is 2.29. The van der Waals surface area contributed by atoms with Crippen molar-refractivity contribution in [3.05, 3.63) is 34.6 Å². The summed E-state index contributed by atoms with van der Waals surface area (Å²) in [6.45, 7) is 5.73. The summed E-state index contributed by atoms with van der Waals surface area (Å²) >= 11 is 11.4. The van der Waals surface area contributed by atoms with Crippen LogP contribution in [-0.4, -0.2) is 12.4 Å². The molecule has 0 aromatic heterocycles. The first kappa shape index (κ1) is 15.7. The van der Waals surface area contributed by atoms with E-state index in [9.17, 15) is 4.39 Å². The number of halogens is 3. The first-order valence-electron chi connectivity index (χ1n) is 6.15. The lowest BCUT2D eigenvalue weighted by atomic mass is 9.88. The van der Waals surface area contributed by atoms with Gasteiger partial charge >= 0.3 is 0 Å². The van der Waals surface area contributed by atoms with Crippen molar-refractivity contribution in [1.82, 2.24) is 5.32 Å². The van der Waals surface area contributed by atoms with Crippen molar-refractivity contribution in [3.63, 3.8) is 0 Å². The van der Waals surface area contributed by atoms with Crippen molar-refractivity contribution in [3.8, 4) is 0 Å². The molecule has 102 valence electrons. The predicted octanol–water partition coefficient (Wildman–Crippen LogP) is 4.61. The summed E-state index contributed by atoms with van der Waals surface area (Å²) in [4.78, 5) is 0. The molecule has 0 saturated heterocycles. The maximum Gasteiger partial charge on any atom is 0.129 e. The van der Waals surface area contributed by atoms with Crippen LogP contribution in [0, 0.1) is 11.2 Å². The van der Waals surface area contributed by atoms with E-state index in [4.69, 9.17) is 23.2 Å². The molecule has 0 fully saturated rings. The van der Waals surface area contributed by atoms with Crippen LogP contribution in [0.25, 0.3) is 0 Å². The maximum atomic E-state index is 13.5. The monoisotopic (exact) mass is 291 g/mol. The molecule has 0 radical (unpaired) electrons. The number of rotatable bonds is 7. The van der Waals surface area contributed by atoms with Gasteiger partial charge in [0.15, 0.2) is 0 Å². The van der Waals surface area contributed by atoms with Gasteiger partial charge in [0.25, 0.3) is 0 Å². The molecule has 0 spiro atoms. The van der Waals surface area contributed by atoms with E-state index in [1.807, 2.05) is 0 Å². The highest BCUT2D eigenvalue weighted by Gasteiger charge is 2.16. The zero-order chi connectivity index (χ0) is 13.6. The van der Waals surface area contributed by atoms with Gasteiger partial charge in [-0.25, -0.2) is 4.39 Å². The van der Waals surface area contributed by atoms with E-state index < -0.39 is 0 Å². The first-order chi connectivity index (χ1) is 8.44. The van der Waals surface area contributed by atoms with Crippen LogP contribution in [0.3, 0.4) is 0 Å². The Morgan fingerprint density at radius 2 is 2.06 bits per heavy atom. The second kappa shape index (κ2) is 7.32. The van der Waals surface area contributed by atoms with Gasteiger partial charge < -0.3 is 5.32 Å². The number of hydrogen-bond donors (Lipinski definition) is 1. The molecule has 1 aromatic rings. The molecule has 0 aliphatic carbocycles. The molecule has 0 unspecified atom stereocenters. The lowest BCUT2D eigenvalue weighted by Crippen LogP contribution is -2.29. The first-order valence-corrected chi connectivity index (χ1v) is 7.06. The molecule has 0 aliphatic rings. The Bertz CT molecular complexity index is 380. The number of nitrogens with one attached hydrogen (secondary N) is 1. The van der Waals surface area contributed by atoms with E-state index in [2.05, 4.69) is 19.2 Å². The van der Waals surface area contributed by atoms with Gasteiger partial charge in [0, 0.05) is 29.6 Å². The fraction of sp³-hybridized carbons (Fsp3) is 0.571. The molecular formula is C14H20Cl2FN. The van der Waals surface area contributed by atoms with Crippen LogP contribution in [0.15, 0.2) is 18.2 Å². The van der Waals surface area contributed by atoms with Gasteiger partial charge in [-0.15, -0.1) is 11.6 Å². The van der Waals surface area contributed by atoms with Crippen molar-refractivity contribution >= 4 is 23.2 Å². The van der Waals surface area contributed by atoms with Crippen LogP contribution in [0.1, 0.15) is 32.3 Å². The molecule has 4 heteroatoms. The van der Waals surface area contributed by atoms with Gasteiger partial charge in [0.1, 0.15) is 5.82 Å². The predicted molar refractivity (Wildman–Crippen MR) is 76.9 cm³/mol. The van der Waals surface area contributed by atoms with E-state index >= 15 is 0 Å². The molecule has 1 rings (SSSR count). The van der Waals surface area contributed by atoms with Crippen LogP contribution < -0.4 is 5.32 Å². The molecule has 0 amide bonds. The molecule has 1 aromatic carbocycles. The Kier molecular flexibility index (Phi) is 6.40. The molecular weight excluding hydrogens is 272 g/mol. The molecule has 1 nitrogen and oxygen atoms in total. The van der Waals surface area contributed by atoms with Gasteiger partial charge in [-0.05, 0) is 30.4 Å². The third kappa shape index (κ3) is 5.55. The maximum absolute atomic E-state index is 13.5. The van der Waals surface area contributed by atoms with E-state index in [0.717, 1.165) is 19.4 Å². The number of hydrogen-bond acceptors (Lipinski definition) is 1. The standard InChI is InChI=1S/C14H20Cl2FN/c1-14(2,6-3-7-15)10-18-9-11-4-5-12(16)8-13(11)17/h4-5,8,18H,3,6-7,9-10H2,1-2H3. The summed E-state index contributed by atoms with van der Waals surface area (Å²) in [7, 11) is 0. The van der Waals surface area contributed by atoms with Crippen LogP contribution >= 0.6 is 23.2 Å². The molecule has 0 aliphatic heterocycles. The zero-order valence-electron chi connectivity index (χ0n) is 10.9. The molecule has 0 atom stereocenters. The smallest absolute Gasteiger partial charge is 0.129 e. The highest BCUT2D eigenvalue weighted by atomic mass is 35.5. The Morgan fingerprint density at radius 1 is 1.33 bits per heavy atom. The third-order valence-electron chi connectivity index (χ3n) is 2.92. The van der Waals surface area contributed by atoms with E-state index in [1.165, 1.54) is 6.07 Å². The van der Waals surface area contributed by atoms with Gasteiger partial charge in [0.2, 0.25) is 0 Å². The Labute approximate surface area is 119 Å². The van der Waals surface area contributed by atoms with Crippen LogP contribution in [0.2, 0.25) is 5.02 Å². The summed E-state index contributed by atoms with van der Waals surface area (Å²) in [5.41, 5.74) is 0.824. The summed E-state index contributed by atoms with van der Waals surface area (Å²) in [6, 6.07) is 4.77. The largest absolute Gasteiger partial charge is 0.312 e. The second-order valence-corrected chi connectivity index (χ2v) is 6.11. The van der Waals surface area contributed by atoms with Crippen LogP contribution in [0.4, 0.5) is 4.39 Å². The minimum atomic E-state index is -0.256. The van der Waals surface area contributed by atoms with E-state index in [1.54, 1.807) is 12.1 Å². The average molecular weight is 292 g/mol. The lowest BCUT2D eigenvalue weighted by molar-refractivity contribution is 0.310. The van der Waals surface area contributed by atoms with Crippen molar-refractivity contribution in [1.29, 1.82) is 0 Å². The molecule has 0 bridgehead atoms. The van der Waals surface area contributed by atoms with Gasteiger partial charge in [0.05, 0.1) is 0 Å². The van der Waals surface area contributed by atoms with E-state index in [-0.39, 0.29) is 11.2 Å². The summed E-state index contributed by atoms with van der Waals surface area (Å²) in [5, 5.41) is 3.71. The van der Waals surface area contributed by atoms with Crippen molar-refractivity contribution in [2.75, 3.05) is 12.4 Å². The van der Waals surface area contributed by atoms with Crippen molar-refractivity contribution in [2.24, 2.45) is 5.41 Å². The van der Waals surface area contributed by atoms with Crippen molar-refractivity contribution < 1.29 is 4.39 Å². The quantitative estimate of drug-likeness (QED) is 0.723. The topological polar surface area (TPSA) is 12.0 Å². The van der Waals surface area contributed by atoms with Gasteiger partial charge in [-0.1, -0.05) is 31.5 Å². The third-order valence-corrected chi connectivity index (χ3v) is 3.42. The van der Waals surface area contributed by atoms with Gasteiger partial charge in [-0.3, -0.25) is 0 Å². The fourth-order valence-electron chi connectivity index (χ4n) is 1.83. The molecule has 18 heavy (non-hydrogen) atoms. The minimum absolute atomic E-state index is 0.178. The van der Waals surface area contributed by atoms with Crippen LogP contribution in [0.5, 0.6) is 0 Å². The number of benzene rings is 1. The van der Waals surface area contributed by atoms with Crippen LogP contribution in [-0.2, 0) is 6.54 Å². The summed E-state index contributed by atoms with van der Waals surface area (Å²) in [5.74, 6) is 0.434. The van der Waals surface area contributed by atoms with E-state index in [0.29, 0.717) is 23.0 Å². The highest BCUT2D eigenvalue weighted by molar-refractivity contribution is 6.30.